The first kappa shape index (κ1) is 13.3. The fourth-order valence-corrected chi connectivity index (χ4v) is 3.72. The average Bonchev–Trinajstić information content (AvgIpc) is 2.47. The van der Waals surface area contributed by atoms with E-state index in [1.165, 1.54) is 28.6 Å². The van der Waals surface area contributed by atoms with Gasteiger partial charge in [0.15, 0.2) is 0 Å². The van der Waals surface area contributed by atoms with E-state index < -0.39 is 15.6 Å². The average molecular weight is 294 g/mol. The van der Waals surface area contributed by atoms with E-state index in [-0.39, 0.29) is 4.90 Å². The molecule has 3 rings (SSSR count). The number of sulfonamides is 1. The van der Waals surface area contributed by atoms with E-state index in [1.807, 2.05) is 0 Å². The van der Waals surface area contributed by atoms with Crippen molar-refractivity contribution < 1.29 is 12.8 Å². The zero-order valence-electron chi connectivity index (χ0n) is 10.7. The van der Waals surface area contributed by atoms with E-state index in [0.29, 0.717) is 37.1 Å². The molecule has 1 aromatic carbocycles. The Morgan fingerprint density at radius 2 is 1.85 bits per heavy atom. The topological polar surface area (TPSA) is 79.6 Å². The number of piperazine rings is 1. The van der Waals surface area contributed by atoms with Gasteiger partial charge in [0.05, 0.1) is 4.90 Å². The lowest BCUT2D eigenvalue weighted by molar-refractivity contribution is 0.360. The predicted octanol–water partition coefficient (Wildman–Crippen LogP) is 0.387. The molecule has 1 fully saturated rings. The lowest BCUT2D eigenvalue weighted by atomic mass is 10.2. The summed E-state index contributed by atoms with van der Waals surface area (Å²) in [5, 5.41) is 3.72. The minimum Gasteiger partial charge on any atom is -0.423 e. The normalized spacial score (nSPS) is 17.4. The molecule has 0 bridgehead atoms. The molecule has 20 heavy (non-hydrogen) atoms. The van der Waals surface area contributed by atoms with Crippen LogP contribution in [0.4, 0.5) is 0 Å². The van der Waals surface area contributed by atoms with Crippen LogP contribution in [0, 0.1) is 0 Å². The minimum absolute atomic E-state index is 0.223. The Morgan fingerprint density at radius 3 is 2.60 bits per heavy atom. The minimum atomic E-state index is -3.49. The van der Waals surface area contributed by atoms with Crippen LogP contribution in [0.1, 0.15) is 0 Å². The number of fused-ring (bicyclic) bond motifs is 1. The molecule has 1 aliphatic heterocycles. The van der Waals surface area contributed by atoms with Crippen molar-refractivity contribution in [3.8, 4) is 0 Å². The molecule has 0 spiro atoms. The highest BCUT2D eigenvalue weighted by Crippen LogP contribution is 2.21. The molecule has 0 aliphatic carbocycles. The van der Waals surface area contributed by atoms with Crippen molar-refractivity contribution in [2.45, 2.75) is 4.90 Å². The zero-order chi connectivity index (χ0) is 14.2. The number of nitrogens with zero attached hydrogens (tertiary/aromatic N) is 1. The van der Waals surface area contributed by atoms with Crippen molar-refractivity contribution in [2.24, 2.45) is 0 Å². The van der Waals surface area contributed by atoms with Gasteiger partial charge in [0.2, 0.25) is 10.0 Å². The van der Waals surface area contributed by atoms with Crippen molar-refractivity contribution in [1.82, 2.24) is 9.62 Å². The van der Waals surface area contributed by atoms with Gasteiger partial charge in [-0.25, -0.2) is 13.2 Å². The molecule has 0 unspecified atom stereocenters. The second kappa shape index (κ2) is 5.01. The Balaban J connectivity index is 2.04. The maximum Gasteiger partial charge on any atom is 0.336 e. The van der Waals surface area contributed by atoms with E-state index in [0.717, 1.165) is 0 Å². The van der Waals surface area contributed by atoms with Gasteiger partial charge in [0.1, 0.15) is 5.58 Å². The van der Waals surface area contributed by atoms with Crippen LogP contribution in [0.15, 0.2) is 44.4 Å². The Bertz CT molecular complexity index is 791. The standard InChI is InChI=1S/C13H14N2O4S/c16-13-4-1-10-9-11(2-3-12(10)19-13)20(17,18)15-7-5-14-6-8-15/h1-4,9,14H,5-8H2. The highest BCUT2D eigenvalue weighted by molar-refractivity contribution is 7.89. The fourth-order valence-electron chi connectivity index (χ4n) is 2.24. The van der Waals surface area contributed by atoms with Crippen molar-refractivity contribution in [1.29, 1.82) is 0 Å². The third-order valence-electron chi connectivity index (χ3n) is 3.30. The second-order valence-electron chi connectivity index (χ2n) is 4.61. The van der Waals surface area contributed by atoms with Crippen LogP contribution in [0.5, 0.6) is 0 Å². The maximum absolute atomic E-state index is 12.5. The van der Waals surface area contributed by atoms with Gasteiger partial charge in [-0.3, -0.25) is 0 Å². The SMILES string of the molecule is O=c1ccc2cc(S(=O)(=O)N3CCNCC3)ccc2o1. The van der Waals surface area contributed by atoms with E-state index >= 15 is 0 Å². The maximum atomic E-state index is 12.5. The highest BCUT2D eigenvalue weighted by Gasteiger charge is 2.25. The van der Waals surface area contributed by atoms with E-state index in [4.69, 9.17) is 4.42 Å². The first-order chi connectivity index (χ1) is 9.57. The summed E-state index contributed by atoms with van der Waals surface area (Å²) < 4.78 is 31.5. The van der Waals surface area contributed by atoms with Gasteiger partial charge < -0.3 is 9.73 Å². The van der Waals surface area contributed by atoms with Crippen LogP contribution in [0.25, 0.3) is 11.0 Å². The molecule has 0 saturated carbocycles. The van der Waals surface area contributed by atoms with Gasteiger partial charge in [0, 0.05) is 37.6 Å². The van der Waals surface area contributed by atoms with Crippen LogP contribution >= 0.6 is 0 Å². The van der Waals surface area contributed by atoms with Gasteiger partial charge in [-0.15, -0.1) is 0 Å². The molecule has 7 heteroatoms. The Hall–Kier alpha value is -1.70. The van der Waals surface area contributed by atoms with E-state index in [2.05, 4.69) is 5.32 Å². The van der Waals surface area contributed by atoms with Crippen molar-refractivity contribution >= 4 is 21.0 Å². The van der Waals surface area contributed by atoms with Crippen LogP contribution in [-0.4, -0.2) is 38.9 Å². The molecule has 0 atom stereocenters. The van der Waals surface area contributed by atoms with E-state index in [1.54, 1.807) is 6.07 Å². The van der Waals surface area contributed by atoms with Crippen LogP contribution in [-0.2, 0) is 10.0 Å². The highest BCUT2D eigenvalue weighted by atomic mass is 32.2. The third-order valence-corrected chi connectivity index (χ3v) is 5.20. The van der Waals surface area contributed by atoms with Crippen molar-refractivity contribution in [2.75, 3.05) is 26.2 Å². The Morgan fingerprint density at radius 1 is 1.10 bits per heavy atom. The Kier molecular flexibility index (Phi) is 3.33. The molecule has 106 valence electrons. The number of hydrogen-bond donors (Lipinski definition) is 1. The fraction of sp³-hybridized carbons (Fsp3) is 0.308. The zero-order valence-corrected chi connectivity index (χ0v) is 11.5. The quantitative estimate of drug-likeness (QED) is 0.810. The van der Waals surface area contributed by atoms with Gasteiger partial charge in [0.25, 0.3) is 0 Å². The monoisotopic (exact) mass is 294 g/mol. The second-order valence-corrected chi connectivity index (χ2v) is 6.55. The van der Waals surface area contributed by atoms with Gasteiger partial charge in [-0.2, -0.15) is 4.31 Å². The summed E-state index contributed by atoms with van der Waals surface area (Å²) >= 11 is 0. The summed E-state index contributed by atoms with van der Waals surface area (Å²) in [6, 6.07) is 7.38. The molecular weight excluding hydrogens is 280 g/mol. The Labute approximate surface area is 116 Å². The molecule has 2 aromatic rings. The molecule has 6 nitrogen and oxygen atoms in total. The van der Waals surface area contributed by atoms with Crippen LogP contribution < -0.4 is 10.9 Å². The molecule has 1 aliphatic rings. The summed E-state index contributed by atoms with van der Waals surface area (Å²) in [6.45, 7) is 2.23. The molecule has 1 saturated heterocycles. The van der Waals surface area contributed by atoms with Crippen molar-refractivity contribution in [3.05, 3.63) is 40.8 Å². The van der Waals surface area contributed by atoms with Gasteiger partial charge in [-0.05, 0) is 24.3 Å². The number of rotatable bonds is 2. The van der Waals surface area contributed by atoms with Gasteiger partial charge in [-0.1, -0.05) is 0 Å². The first-order valence-corrected chi connectivity index (χ1v) is 7.76. The van der Waals surface area contributed by atoms with Crippen molar-refractivity contribution in [3.63, 3.8) is 0 Å². The smallest absolute Gasteiger partial charge is 0.336 e. The molecule has 1 aromatic heterocycles. The van der Waals surface area contributed by atoms with E-state index in [9.17, 15) is 13.2 Å². The van der Waals surface area contributed by atoms with Crippen LogP contribution in [0.3, 0.4) is 0 Å². The molecule has 0 amide bonds. The lowest BCUT2D eigenvalue weighted by Gasteiger charge is -2.26. The summed E-state index contributed by atoms with van der Waals surface area (Å²) in [6.07, 6.45) is 0. The number of hydrogen-bond acceptors (Lipinski definition) is 5. The third kappa shape index (κ3) is 2.35. The summed E-state index contributed by atoms with van der Waals surface area (Å²) in [7, 11) is -3.49. The lowest BCUT2D eigenvalue weighted by Crippen LogP contribution is -2.46. The largest absolute Gasteiger partial charge is 0.423 e. The molecule has 1 N–H and O–H groups in total. The molecule has 0 radical (unpaired) electrons. The predicted molar refractivity (Wildman–Crippen MR) is 74.1 cm³/mol. The molecular formula is C13H14N2O4S. The van der Waals surface area contributed by atoms with Crippen LogP contribution in [0.2, 0.25) is 0 Å². The summed E-state index contributed by atoms with van der Waals surface area (Å²) in [5.74, 6) is 0. The van der Waals surface area contributed by atoms with Gasteiger partial charge >= 0.3 is 5.63 Å². The summed E-state index contributed by atoms with van der Waals surface area (Å²) in [5.41, 5.74) is -0.0630. The number of benzene rings is 1. The molecule has 2 heterocycles. The number of nitrogens with one attached hydrogen (secondary N) is 1. The summed E-state index contributed by atoms with van der Waals surface area (Å²) in [4.78, 5) is 11.3. The first-order valence-electron chi connectivity index (χ1n) is 6.32.